The molecule has 142 valence electrons. The zero-order valence-corrected chi connectivity index (χ0v) is 14.1. The molecular weight excluding hydrogens is 361 g/mol. The Bertz CT molecular complexity index is 928. The standard InChI is InChI=1S/C17H17F3N6O/c18-17(19,20)10-27-14-8-21-6-12(14)25-15-9-22-5-11(24-15)13-7-23-16-3-1-2-4-26(13)16/h1-5,7,9,12,14,21H,6,8,10H2,(H,24,25)/t12-,14-/m0/s1. The van der Waals surface area contributed by atoms with Crippen LogP contribution in [-0.4, -0.2) is 57.4 Å². The quantitative estimate of drug-likeness (QED) is 0.708. The number of ether oxygens (including phenoxy) is 1. The fraction of sp³-hybridized carbons (Fsp3) is 0.353. The zero-order valence-electron chi connectivity index (χ0n) is 14.1. The largest absolute Gasteiger partial charge is 0.411 e. The third-order valence-corrected chi connectivity index (χ3v) is 4.27. The molecule has 1 aliphatic rings. The van der Waals surface area contributed by atoms with E-state index >= 15 is 0 Å². The van der Waals surface area contributed by atoms with Gasteiger partial charge in [-0.15, -0.1) is 0 Å². The van der Waals surface area contributed by atoms with Crippen molar-refractivity contribution in [1.29, 1.82) is 0 Å². The number of alkyl halides is 3. The predicted octanol–water partition coefficient (Wildman–Crippen LogP) is 2.12. The fourth-order valence-corrected chi connectivity index (χ4v) is 3.05. The van der Waals surface area contributed by atoms with Crippen molar-refractivity contribution in [2.45, 2.75) is 18.3 Å². The average molecular weight is 378 g/mol. The first-order chi connectivity index (χ1) is 13.0. The van der Waals surface area contributed by atoms with Crippen molar-refractivity contribution in [3.8, 4) is 11.4 Å². The number of hydrogen-bond acceptors (Lipinski definition) is 6. The average Bonchev–Trinajstić information content (AvgIpc) is 3.26. The van der Waals surface area contributed by atoms with Gasteiger partial charge in [0.15, 0.2) is 0 Å². The summed E-state index contributed by atoms with van der Waals surface area (Å²) in [5.74, 6) is 0.465. The Kier molecular flexibility index (Phi) is 4.66. The molecule has 1 aliphatic heterocycles. The van der Waals surface area contributed by atoms with E-state index in [1.807, 2.05) is 28.8 Å². The molecule has 2 atom stereocenters. The van der Waals surface area contributed by atoms with Crippen LogP contribution in [0.3, 0.4) is 0 Å². The number of rotatable bonds is 5. The topological polar surface area (TPSA) is 76.4 Å². The third kappa shape index (κ3) is 4.01. The lowest BCUT2D eigenvalue weighted by Crippen LogP contribution is -2.37. The predicted molar refractivity (Wildman–Crippen MR) is 92.3 cm³/mol. The van der Waals surface area contributed by atoms with Gasteiger partial charge in [0.2, 0.25) is 0 Å². The molecule has 27 heavy (non-hydrogen) atoms. The highest BCUT2D eigenvalue weighted by Crippen LogP contribution is 2.21. The lowest BCUT2D eigenvalue weighted by molar-refractivity contribution is -0.183. The Morgan fingerprint density at radius 2 is 2.11 bits per heavy atom. The third-order valence-electron chi connectivity index (χ3n) is 4.27. The van der Waals surface area contributed by atoms with Gasteiger partial charge in [0.1, 0.15) is 23.8 Å². The summed E-state index contributed by atoms with van der Waals surface area (Å²) in [5.41, 5.74) is 2.17. The number of imidazole rings is 1. The van der Waals surface area contributed by atoms with Crippen molar-refractivity contribution in [3.05, 3.63) is 43.0 Å². The van der Waals surface area contributed by atoms with Gasteiger partial charge in [-0.3, -0.25) is 9.38 Å². The molecule has 10 heteroatoms. The summed E-state index contributed by atoms with van der Waals surface area (Å²) in [6, 6.07) is 5.33. The van der Waals surface area contributed by atoms with Crippen LogP contribution in [0.25, 0.3) is 17.0 Å². The molecule has 0 saturated carbocycles. The van der Waals surface area contributed by atoms with E-state index in [0.717, 1.165) is 11.3 Å². The normalized spacial score (nSPS) is 20.3. The number of fused-ring (bicyclic) bond motifs is 1. The van der Waals surface area contributed by atoms with Crippen LogP contribution in [0.4, 0.5) is 19.0 Å². The number of halogens is 3. The van der Waals surface area contributed by atoms with Crippen LogP contribution in [0, 0.1) is 0 Å². The number of pyridine rings is 1. The van der Waals surface area contributed by atoms with Crippen LogP contribution in [0.15, 0.2) is 43.0 Å². The molecule has 0 spiro atoms. The van der Waals surface area contributed by atoms with E-state index in [1.54, 1.807) is 12.4 Å². The van der Waals surface area contributed by atoms with E-state index in [9.17, 15) is 13.2 Å². The first-order valence-corrected chi connectivity index (χ1v) is 8.40. The summed E-state index contributed by atoms with van der Waals surface area (Å²) in [6.07, 6.45) is 1.78. The molecule has 1 saturated heterocycles. The molecule has 1 fully saturated rings. The van der Waals surface area contributed by atoms with Gasteiger partial charge in [-0.05, 0) is 12.1 Å². The minimum Gasteiger partial charge on any atom is -0.365 e. The van der Waals surface area contributed by atoms with Gasteiger partial charge in [0.05, 0.1) is 36.4 Å². The van der Waals surface area contributed by atoms with Gasteiger partial charge in [0, 0.05) is 19.3 Å². The van der Waals surface area contributed by atoms with E-state index in [2.05, 4.69) is 25.6 Å². The van der Waals surface area contributed by atoms with Crippen LogP contribution >= 0.6 is 0 Å². The van der Waals surface area contributed by atoms with E-state index in [1.165, 1.54) is 6.20 Å². The van der Waals surface area contributed by atoms with Crippen molar-refractivity contribution in [2.75, 3.05) is 25.0 Å². The maximum Gasteiger partial charge on any atom is 0.411 e. The van der Waals surface area contributed by atoms with Gasteiger partial charge in [-0.2, -0.15) is 13.2 Å². The Hall–Kier alpha value is -2.72. The molecule has 0 aromatic carbocycles. The minimum absolute atomic E-state index is 0.334. The highest BCUT2D eigenvalue weighted by molar-refractivity contribution is 5.60. The second-order valence-electron chi connectivity index (χ2n) is 6.24. The number of aromatic nitrogens is 4. The van der Waals surface area contributed by atoms with Crippen LogP contribution in [0.5, 0.6) is 0 Å². The van der Waals surface area contributed by atoms with Crippen molar-refractivity contribution in [1.82, 2.24) is 24.7 Å². The minimum atomic E-state index is -4.35. The SMILES string of the molecule is FC(F)(F)CO[C@H]1CNC[C@@H]1Nc1cncc(-c2cnc3ccccn23)n1. The van der Waals surface area contributed by atoms with Crippen molar-refractivity contribution in [2.24, 2.45) is 0 Å². The molecule has 4 rings (SSSR count). The lowest BCUT2D eigenvalue weighted by atomic mass is 10.2. The summed E-state index contributed by atoms with van der Waals surface area (Å²) in [5, 5.41) is 6.15. The monoisotopic (exact) mass is 378 g/mol. The molecule has 7 nitrogen and oxygen atoms in total. The Morgan fingerprint density at radius 3 is 2.96 bits per heavy atom. The molecule has 3 aromatic heterocycles. The highest BCUT2D eigenvalue weighted by atomic mass is 19.4. The van der Waals surface area contributed by atoms with E-state index in [-0.39, 0.29) is 6.04 Å². The lowest BCUT2D eigenvalue weighted by Gasteiger charge is -2.21. The molecule has 4 heterocycles. The fourth-order valence-electron chi connectivity index (χ4n) is 3.05. The molecule has 3 aromatic rings. The van der Waals surface area contributed by atoms with Gasteiger partial charge in [-0.1, -0.05) is 6.07 Å². The van der Waals surface area contributed by atoms with Gasteiger partial charge >= 0.3 is 6.18 Å². The smallest absolute Gasteiger partial charge is 0.365 e. The first-order valence-electron chi connectivity index (χ1n) is 8.40. The van der Waals surface area contributed by atoms with E-state index in [0.29, 0.717) is 24.6 Å². The van der Waals surface area contributed by atoms with Gasteiger partial charge < -0.3 is 15.4 Å². The summed E-state index contributed by atoms with van der Waals surface area (Å²) in [4.78, 5) is 13.1. The molecule has 0 amide bonds. The number of nitrogens with one attached hydrogen (secondary N) is 2. The molecule has 0 radical (unpaired) electrons. The van der Waals surface area contributed by atoms with Crippen LogP contribution in [0.2, 0.25) is 0 Å². The molecule has 0 bridgehead atoms. The molecule has 0 aliphatic carbocycles. The summed E-state index contributed by atoms with van der Waals surface area (Å²) in [6.45, 7) is -0.455. The maximum absolute atomic E-state index is 12.4. The summed E-state index contributed by atoms with van der Waals surface area (Å²) in [7, 11) is 0. The van der Waals surface area contributed by atoms with Crippen LogP contribution in [0.1, 0.15) is 0 Å². The van der Waals surface area contributed by atoms with Crippen LogP contribution < -0.4 is 10.6 Å². The van der Waals surface area contributed by atoms with Crippen LogP contribution in [-0.2, 0) is 4.74 Å². The number of anilines is 1. The second-order valence-corrected chi connectivity index (χ2v) is 6.24. The Labute approximate surface area is 152 Å². The molecule has 0 unspecified atom stereocenters. The first kappa shape index (κ1) is 17.7. The summed E-state index contributed by atoms with van der Waals surface area (Å²) >= 11 is 0. The zero-order chi connectivity index (χ0) is 18.9. The van der Waals surface area contributed by atoms with Crippen molar-refractivity contribution in [3.63, 3.8) is 0 Å². The van der Waals surface area contributed by atoms with Crippen molar-refractivity contribution < 1.29 is 17.9 Å². The van der Waals surface area contributed by atoms with Gasteiger partial charge in [-0.25, -0.2) is 9.97 Å². The number of nitrogens with zero attached hydrogens (tertiary/aromatic N) is 4. The Morgan fingerprint density at radius 1 is 1.22 bits per heavy atom. The second kappa shape index (κ2) is 7.12. The molecule has 2 N–H and O–H groups in total. The Balaban J connectivity index is 1.51. The highest BCUT2D eigenvalue weighted by Gasteiger charge is 2.34. The van der Waals surface area contributed by atoms with E-state index < -0.39 is 18.9 Å². The van der Waals surface area contributed by atoms with E-state index in [4.69, 9.17) is 4.74 Å². The molecular formula is C17H17F3N6O. The number of hydrogen-bond donors (Lipinski definition) is 2. The van der Waals surface area contributed by atoms with Crippen molar-refractivity contribution >= 4 is 11.5 Å². The van der Waals surface area contributed by atoms with Gasteiger partial charge in [0.25, 0.3) is 0 Å². The summed E-state index contributed by atoms with van der Waals surface area (Å²) < 4.78 is 44.1. The maximum atomic E-state index is 12.4.